The van der Waals surface area contributed by atoms with Crippen LogP contribution >= 0.6 is 0 Å². The Morgan fingerprint density at radius 1 is 1.00 bits per heavy atom. The highest BCUT2D eigenvalue weighted by atomic mass is 16.3. The van der Waals surface area contributed by atoms with E-state index in [0.29, 0.717) is 6.42 Å². The predicted molar refractivity (Wildman–Crippen MR) is 77.3 cm³/mol. The van der Waals surface area contributed by atoms with Gasteiger partial charge in [0.25, 0.3) is 5.89 Å². The van der Waals surface area contributed by atoms with E-state index in [0.717, 1.165) is 12.8 Å². The number of ketones is 1. The van der Waals surface area contributed by atoms with Crippen molar-refractivity contribution in [3.8, 4) is 0 Å². The molecule has 0 amide bonds. The molecule has 1 aromatic heterocycles. The summed E-state index contributed by atoms with van der Waals surface area (Å²) in [6.45, 7) is 2.25. The first-order valence-corrected chi connectivity index (χ1v) is 7.77. The number of hydrogen-bond donors (Lipinski definition) is 0. The highest BCUT2D eigenvalue weighted by Gasteiger charge is 2.09. The zero-order valence-corrected chi connectivity index (χ0v) is 12.2. The lowest BCUT2D eigenvalue weighted by atomic mass is 10.1. The molecule has 0 spiro atoms. The van der Waals surface area contributed by atoms with Crippen molar-refractivity contribution in [2.45, 2.75) is 77.6 Å². The van der Waals surface area contributed by atoms with E-state index in [2.05, 4.69) is 11.9 Å². The second kappa shape index (κ2) is 10.8. The Morgan fingerprint density at radius 2 is 1.58 bits per heavy atom. The van der Waals surface area contributed by atoms with E-state index in [-0.39, 0.29) is 11.7 Å². The van der Waals surface area contributed by atoms with Crippen LogP contribution in [0.5, 0.6) is 0 Å². The molecule has 0 saturated heterocycles. The minimum atomic E-state index is 0.0320. The molecule has 0 aliphatic heterocycles. The Hall–Kier alpha value is -1.12. The highest BCUT2D eigenvalue weighted by Crippen LogP contribution is 2.12. The summed E-state index contributed by atoms with van der Waals surface area (Å²) in [6.07, 6.45) is 16.4. The van der Waals surface area contributed by atoms with Crippen molar-refractivity contribution in [1.82, 2.24) is 4.98 Å². The Morgan fingerprint density at radius 3 is 2.11 bits per heavy atom. The average Bonchev–Trinajstić information content (AvgIpc) is 2.95. The highest BCUT2D eigenvalue weighted by molar-refractivity contribution is 5.91. The van der Waals surface area contributed by atoms with Crippen LogP contribution in [0.4, 0.5) is 0 Å². The lowest BCUT2D eigenvalue weighted by Crippen LogP contribution is -1.98. The molecule has 1 rings (SSSR count). The van der Waals surface area contributed by atoms with Crippen molar-refractivity contribution in [2.24, 2.45) is 0 Å². The molecule has 0 aliphatic carbocycles. The Labute approximate surface area is 116 Å². The van der Waals surface area contributed by atoms with Gasteiger partial charge in [-0.2, -0.15) is 0 Å². The molecule has 0 radical (unpaired) electrons. The summed E-state index contributed by atoms with van der Waals surface area (Å²) in [7, 11) is 0. The van der Waals surface area contributed by atoms with E-state index in [9.17, 15) is 4.79 Å². The molecule has 0 atom stereocenters. The molecule has 0 N–H and O–H groups in total. The van der Waals surface area contributed by atoms with Gasteiger partial charge in [0.1, 0.15) is 6.26 Å². The fourth-order valence-electron chi connectivity index (χ4n) is 2.24. The molecule has 1 heterocycles. The maximum atomic E-state index is 11.6. The number of nitrogens with zero attached hydrogens (tertiary/aromatic N) is 1. The van der Waals surface area contributed by atoms with Crippen LogP contribution in [-0.4, -0.2) is 10.8 Å². The summed E-state index contributed by atoms with van der Waals surface area (Å²) in [6, 6.07) is 0. The van der Waals surface area contributed by atoms with Crippen LogP contribution in [-0.2, 0) is 0 Å². The SMILES string of the molecule is CCCCCCCCCCCCC(=O)c1ncco1. The molecule has 0 aromatic carbocycles. The molecular formula is C16H27NO2. The third kappa shape index (κ3) is 7.81. The van der Waals surface area contributed by atoms with Crippen LogP contribution in [0.2, 0.25) is 0 Å². The zero-order chi connectivity index (χ0) is 13.8. The first-order chi connectivity index (χ1) is 9.34. The number of unbranched alkanes of at least 4 members (excludes halogenated alkanes) is 9. The van der Waals surface area contributed by atoms with Crippen molar-refractivity contribution < 1.29 is 9.21 Å². The van der Waals surface area contributed by atoms with Crippen LogP contribution in [0.1, 0.15) is 88.2 Å². The van der Waals surface area contributed by atoms with Crippen LogP contribution in [0.15, 0.2) is 16.9 Å². The molecular weight excluding hydrogens is 238 g/mol. The molecule has 0 unspecified atom stereocenters. The van der Waals surface area contributed by atoms with Crippen molar-refractivity contribution in [3.05, 3.63) is 18.4 Å². The second-order valence-electron chi connectivity index (χ2n) is 5.19. The van der Waals surface area contributed by atoms with Crippen molar-refractivity contribution in [2.75, 3.05) is 0 Å². The predicted octanol–water partition coefficient (Wildman–Crippen LogP) is 5.17. The number of Topliss-reactive ketones (excluding diaryl/α,β-unsaturated/α-hetero) is 1. The number of rotatable bonds is 12. The molecule has 3 heteroatoms. The first kappa shape index (κ1) is 15.9. The van der Waals surface area contributed by atoms with Crippen LogP contribution in [0, 0.1) is 0 Å². The summed E-state index contributed by atoms with van der Waals surface area (Å²) in [4.78, 5) is 15.4. The van der Waals surface area contributed by atoms with Crippen LogP contribution in [0.3, 0.4) is 0 Å². The van der Waals surface area contributed by atoms with E-state index in [1.807, 2.05) is 0 Å². The number of oxazole rings is 1. The standard InChI is InChI=1S/C16H27NO2/c1-2-3-4-5-6-7-8-9-10-11-12-15(18)16-17-13-14-19-16/h13-14H,2-12H2,1H3. The average molecular weight is 265 g/mol. The normalized spacial score (nSPS) is 10.8. The number of aromatic nitrogens is 1. The topological polar surface area (TPSA) is 43.1 Å². The summed E-state index contributed by atoms with van der Waals surface area (Å²) in [5.41, 5.74) is 0. The Balaban J connectivity index is 1.85. The summed E-state index contributed by atoms with van der Waals surface area (Å²) < 4.78 is 4.98. The van der Waals surface area contributed by atoms with Gasteiger partial charge in [-0.25, -0.2) is 4.98 Å². The second-order valence-corrected chi connectivity index (χ2v) is 5.19. The maximum Gasteiger partial charge on any atom is 0.263 e. The van der Waals surface area contributed by atoms with Gasteiger partial charge in [-0.1, -0.05) is 64.7 Å². The van der Waals surface area contributed by atoms with Gasteiger partial charge >= 0.3 is 0 Å². The molecule has 1 aromatic rings. The van der Waals surface area contributed by atoms with Crippen molar-refractivity contribution in [1.29, 1.82) is 0 Å². The quantitative estimate of drug-likeness (QED) is 0.387. The van der Waals surface area contributed by atoms with E-state index in [4.69, 9.17) is 4.42 Å². The van der Waals surface area contributed by atoms with Gasteiger partial charge in [-0.05, 0) is 6.42 Å². The minimum Gasteiger partial charge on any atom is -0.442 e. The lowest BCUT2D eigenvalue weighted by molar-refractivity contribution is 0.0945. The Bertz CT molecular complexity index is 319. The summed E-state index contributed by atoms with van der Waals surface area (Å²) in [5, 5.41) is 0. The minimum absolute atomic E-state index is 0.0320. The van der Waals surface area contributed by atoms with Gasteiger partial charge in [-0.15, -0.1) is 0 Å². The third-order valence-electron chi connectivity index (χ3n) is 3.43. The summed E-state index contributed by atoms with van der Waals surface area (Å²) >= 11 is 0. The van der Waals surface area contributed by atoms with Crippen molar-refractivity contribution in [3.63, 3.8) is 0 Å². The maximum absolute atomic E-state index is 11.6. The smallest absolute Gasteiger partial charge is 0.263 e. The monoisotopic (exact) mass is 265 g/mol. The number of carbonyl (C=O) groups excluding carboxylic acids is 1. The number of hydrogen-bond acceptors (Lipinski definition) is 3. The fourth-order valence-corrected chi connectivity index (χ4v) is 2.24. The van der Waals surface area contributed by atoms with E-state index in [1.165, 1.54) is 63.8 Å². The molecule has 19 heavy (non-hydrogen) atoms. The van der Waals surface area contributed by atoms with Gasteiger partial charge in [0, 0.05) is 6.42 Å². The fraction of sp³-hybridized carbons (Fsp3) is 0.750. The van der Waals surface area contributed by atoms with E-state index >= 15 is 0 Å². The van der Waals surface area contributed by atoms with Gasteiger partial charge in [0.2, 0.25) is 5.78 Å². The van der Waals surface area contributed by atoms with E-state index in [1.54, 1.807) is 0 Å². The van der Waals surface area contributed by atoms with Gasteiger partial charge in [0.15, 0.2) is 0 Å². The molecule has 3 nitrogen and oxygen atoms in total. The largest absolute Gasteiger partial charge is 0.442 e. The van der Waals surface area contributed by atoms with E-state index < -0.39 is 0 Å². The Kier molecular flexibility index (Phi) is 9.03. The molecule has 0 aliphatic rings. The first-order valence-electron chi connectivity index (χ1n) is 7.77. The molecule has 0 fully saturated rings. The number of carbonyl (C=O) groups is 1. The molecule has 0 saturated carbocycles. The van der Waals surface area contributed by atoms with Gasteiger partial charge in [0.05, 0.1) is 6.20 Å². The molecule has 0 bridgehead atoms. The third-order valence-corrected chi connectivity index (χ3v) is 3.43. The lowest BCUT2D eigenvalue weighted by Gasteiger charge is -2.01. The van der Waals surface area contributed by atoms with Crippen molar-refractivity contribution >= 4 is 5.78 Å². The van der Waals surface area contributed by atoms with Crippen LogP contribution < -0.4 is 0 Å². The van der Waals surface area contributed by atoms with Crippen LogP contribution in [0.25, 0.3) is 0 Å². The van der Waals surface area contributed by atoms with Gasteiger partial charge < -0.3 is 4.42 Å². The zero-order valence-electron chi connectivity index (χ0n) is 12.2. The summed E-state index contributed by atoms with van der Waals surface area (Å²) in [5.74, 6) is 0.292. The molecule has 108 valence electrons. The van der Waals surface area contributed by atoms with Gasteiger partial charge in [-0.3, -0.25) is 4.79 Å².